The number of thioether (sulfide) groups is 1. The number of ether oxygens (including phenoxy) is 1. The SMILES string of the molecule is CN1CCOC(CSc2cc(C(=O)O)ccn2)C1. The van der Waals surface area contributed by atoms with Crippen molar-refractivity contribution in [1.29, 1.82) is 0 Å². The summed E-state index contributed by atoms with van der Waals surface area (Å²) in [6, 6.07) is 3.09. The first kappa shape index (κ1) is 13.3. The molecule has 0 aromatic carbocycles. The number of likely N-dealkylation sites (N-methyl/N-ethyl adjacent to an activating group) is 1. The van der Waals surface area contributed by atoms with Gasteiger partial charge in [0, 0.05) is 25.0 Å². The Bertz CT molecular complexity index is 428. The Hall–Kier alpha value is -1.11. The predicted octanol–water partition coefficient (Wildman–Crippen LogP) is 1.20. The molecule has 2 rings (SSSR count). The van der Waals surface area contributed by atoms with Crippen LogP contribution in [0.15, 0.2) is 23.4 Å². The summed E-state index contributed by atoms with van der Waals surface area (Å²) >= 11 is 1.53. The number of carbonyl (C=O) groups is 1. The Balaban J connectivity index is 1.89. The van der Waals surface area contributed by atoms with E-state index in [9.17, 15) is 4.79 Å². The molecule has 1 aromatic rings. The molecule has 0 radical (unpaired) electrons. The Morgan fingerprint density at radius 1 is 1.72 bits per heavy atom. The molecule has 2 heterocycles. The average Bonchev–Trinajstić information content (AvgIpc) is 2.37. The molecule has 1 saturated heterocycles. The molecule has 18 heavy (non-hydrogen) atoms. The fourth-order valence-corrected chi connectivity index (χ4v) is 2.67. The van der Waals surface area contributed by atoms with E-state index in [1.165, 1.54) is 24.0 Å². The molecular weight excluding hydrogens is 252 g/mol. The van der Waals surface area contributed by atoms with Crippen LogP contribution < -0.4 is 0 Å². The number of carboxylic acid groups (broad SMARTS) is 1. The van der Waals surface area contributed by atoms with Crippen LogP contribution >= 0.6 is 11.8 Å². The van der Waals surface area contributed by atoms with Crippen LogP contribution in [-0.4, -0.2) is 59.6 Å². The maximum Gasteiger partial charge on any atom is 0.335 e. The predicted molar refractivity (Wildman–Crippen MR) is 69.2 cm³/mol. The summed E-state index contributed by atoms with van der Waals surface area (Å²) in [7, 11) is 2.07. The number of hydrogen-bond donors (Lipinski definition) is 1. The molecular formula is C12H16N2O3S. The van der Waals surface area contributed by atoms with Gasteiger partial charge in [0.2, 0.25) is 0 Å². The van der Waals surface area contributed by atoms with E-state index < -0.39 is 5.97 Å². The summed E-state index contributed by atoms with van der Waals surface area (Å²) in [6.45, 7) is 2.63. The van der Waals surface area contributed by atoms with E-state index in [0.717, 1.165) is 30.5 Å². The first-order valence-corrected chi connectivity index (χ1v) is 6.76. The molecule has 6 heteroatoms. The lowest BCUT2D eigenvalue weighted by Crippen LogP contribution is -2.41. The van der Waals surface area contributed by atoms with E-state index in [1.54, 1.807) is 6.07 Å². The highest BCUT2D eigenvalue weighted by Crippen LogP contribution is 2.19. The maximum atomic E-state index is 10.8. The summed E-state index contributed by atoms with van der Waals surface area (Å²) in [5.41, 5.74) is 0.272. The molecule has 1 aliphatic heterocycles. The fraction of sp³-hybridized carbons (Fsp3) is 0.500. The van der Waals surface area contributed by atoms with Crippen molar-refractivity contribution in [1.82, 2.24) is 9.88 Å². The molecule has 1 aliphatic rings. The van der Waals surface area contributed by atoms with Gasteiger partial charge in [-0.1, -0.05) is 0 Å². The highest BCUT2D eigenvalue weighted by molar-refractivity contribution is 7.99. The van der Waals surface area contributed by atoms with Gasteiger partial charge in [-0.25, -0.2) is 9.78 Å². The summed E-state index contributed by atoms with van der Waals surface area (Å²) in [5.74, 6) is -0.131. The Kier molecular flexibility index (Phi) is 4.57. The summed E-state index contributed by atoms with van der Waals surface area (Å²) in [4.78, 5) is 17.2. The first-order valence-electron chi connectivity index (χ1n) is 5.77. The monoisotopic (exact) mass is 268 g/mol. The summed E-state index contributed by atoms with van der Waals surface area (Å²) < 4.78 is 5.64. The normalized spacial score (nSPS) is 20.8. The standard InChI is InChI=1S/C12H16N2O3S/c1-14-4-5-17-10(7-14)8-18-11-6-9(12(15)16)2-3-13-11/h2-3,6,10H,4-5,7-8H2,1H3,(H,15,16). The van der Waals surface area contributed by atoms with Crippen molar-refractivity contribution in [3.8, 4) is 0 Å². The molecule has 0 bridgehead atoms. The average molecular weight is 268 g/mol. The van der Waals surface area contributed by atoms with Gasteiger partial charge < -0.3 is 14.7 Å². The third-order valence-corrected chi connectivity index (χ3v) is 3.80. The molecule has 0 spiro atoms. The number of morpholine rings is 1. The second kappa shape index (κ2) is 6.17. The molecule has 1 atom stereocenters. The molecule has 98 valence electrons. The zero-order chi connectivity index (χ0) is 13.0. The van der Waals surface area contributed by atoms with Crippen molar-refractivity contribution in [3.05, 3.63) is 23.9 Å². The lowest BCUT2D eigenvalue weighted by molar-refractivity contribution is -0.00599. The number of aromatic carboxylic acids is 1. The van der Waals surface area contributed by atoms with Crippen molar-refractivity contribution >= 4 is 17.7 Å². The van der Waals surface area contributed by atoms with Crippen LogP contribution in [-0.2, 0) is 4.74 Å². The van der Waals surface area contributed by atoms with E-state index >= 15 is 0 Å². The van der Waals surface area contributed by atoms with E-state index in [-0.39, 0.29) is 11.7 Å². The van der Waals surface area contributed by atoms with Gasteiger partial charge >= 0.3 is 5.97 Å². The van der Waals surface area contributed by atoms with Crippen molar-refractivity contribution in [2.24, 2.45) is 0 Å². The molecule has 0 aliphatic carbocycles. The van der Waals surface area contributed by atoms with Gasteiger partial charge in [-0.2, -0.15) is 0 Å². The van der Waals surface area contributed by atoms with Crippen LogP contribution in [0, 0.1) is 0 Å². The van der Waals surface area contributed by atoms with Gasteiger partial charge in [-0.05, 0) is 19.2 Å². The minimum atomic E-state index is -0.923. The smallest absolute Gasteiger partial charge is 0.335 e. The van der Waals surface area contributed by atoms with Crippen molar-refractivity contribution in [2.45, 2.75) is 11.1 Å². The highest BCUT2D eigenvalue weighted by Gasteiger charge is 2.18. The topological polar surface area (TPSA) is 62.7 Å². The molecule has 1 fully saturated rings. The number of hydrogen-bond acceptors (Lipinski definition) is 5. The first-order chi connectivity index (χ1) is 8.65. The van der Waals surface area contributed by atoms with Crippen LogP contribution in [0.2, 0.25) is 0 Å². The van der Waals surface area contributed by atoms with Crippen LogP contribution in [0.1, 0.15) is 10.4 Å². The van der Waals surface area contributed by atoms with Crippen LogP contribution in [0.5, 0.6) is 0 Å². The van der Waals surface area contributed by atoms with E-state index in [1.807, 2.05) is 0 Å². The largest absolute Gasteiger partial charge is 0.478 e. The quantitative estimate of drug-likeness (QED) is 0.828. The Labute approximate surface area is 110 Å². The fourth-order valence-electron chi connectivity index (χ4n) is 1.77. The van der Waals surface area contributed by atoms with E-state index in [2.05, 4.69) is 16.9 Å². The number of nitrogens with zero attached hydrogens (tertiary/aromatic N) is 2. The van der Waals surface area contributed by atoms with Gasteiger partial charge in [0.05, 0.1) is 23.3 Å². The lowest BCUT2D eigenvalue weighted by atomic mass is 10.3. The summed E-state index contributed by atoms with van der Waals surface area (Å²) in [6.07, 6.45) is 1.71. The highest BCUT2D eigenvalue weighted by atomic mass is 32.2. The second-order valence-electron chi connectivity index (χ2n) is 4.25. The molecule has 1 N–H and O–H groups in total. The van der Waals surface area contributed by atoms with Crippen molar-refractivity contribution < 1.29 is 14.6 Å². The maximum absolute atomic E-state index is 10.8. The van der Waals surface area contributed by atoms with Crippen LogP contribution in [0.3, 0.4) is 0 Å². The van der Waals surface area contributed by atoms with Crippen LogP contribution in [0.25, 0.3) is 0 Å². The van der Waals surface area contributed by atoms with Crippen molar-refractivity contribution in [2.75, 3.05) is 32.5 Å². The van der Waals surface area contributed by atoms with Gasteiger partial charge in [0.25, 0.3) is 0 Å². The number of carboxylic acids is 1. The van der Waals surface area contributed by atoms with Gasteiger partial charge in [-0.15, -0.1) is 11.8 Å². The van der Waals surface area contributed by atoms with Crippen molar-refractivity contribution in [3.63, 3.8) is 0 Å². The van der Waals surface area contributed by atoms with E-state index in [4.69, 9.17) is 9.84 Å². The van der Waals surface area contributed by atoms with E-state index in [0.29, 0.717) is 0 Å². The molecule has 0 saturated carbocycles. The lowest BCUT2D eigenvalue weighted by Gasteiger charge is -2.29. The van der Waals surface area contributed by atoms with Gasteiger partial charge in [0.1, 0.15) is 0 Å². The minimum absolute atomic E-state index is 0.184. The molecule has 1 unspecified atom stereocenters. The minimum Gasteiger partial charge on any atom is -0.478 e. The number of pyridine rings is 1. The Morgan fingerprint density at radius 2 is 2.56 bits per heavy atom. The summed E-state index contributed by atoms with van der Waals surface area (Å²) in [5, 5.41) is 9.62. The zero-order valence-electron chi connectivity index (χ0n) is 10.2. The van der Waals surface area contributed by atoms with Gasteiger partial charge in [0.15, 0.2) is 0 Å². The number of aromatic nitrogens is 1. The number of rotatable bonds is 4. The molecule has 5 nitrogen and oxygen atoms in total. The van der Waals surface area contributed by atoms with Crippen LogP contribution in [0.4, 0.5) is 0 Å². The van der Waals surface area contributed by atoms with Gasteiger partial charge in [-0.3, -0.25) is 0 Å². The third-order valence-electron chi connectivity index (χ3n) is 2.74. The molecule has 0 amide bonds. The Morgan fingerprint density at radius 3 is 3.28 bits per heavy atom. The third kappa shape index (κ3) is 3.69. The zero-order valence-corrected chi connectivity index (χ0v) is 11.0. The molecule has 1 aromatic heterocycles. The second-order valence-corrected chi connectivity index (χ2v) is 5.29.